The highest BCUT2D eigenvalue weighted by atomic mass is 79.9. The largest absolute Gasteiger partial charge is 0.333 e. The summed E-state index contributed by atoms with van der Waals surface area (Å²) in [5, 5.41) is 4.76. The minimum Gasteiger partial charge on any atom is -0.333 e. The topological polar surface area (TPSA) is 46.9 Å². The summed E-state index contributed by atoms with van der Waals surface area (Å²) in [6.07, 6.45) is 4.65. The molecular formula is C9H8BrN3OS. The number of hydrogen-bond acceptors (Lipinski definition) is 3. The summed E-state index contributed by atoms with van der Waals surface area (Å²) in [4.78, 5) is 15.3. The number of aromatic nitrogens is 2. The van der Waals surface area contributed by atoms with Crippen LogP contribution in [0.1, 0.15) is 5.56 Å². The van der Waals surface area contributed by atoms with Gasteiger partial charge in [0.1, 0.15) is 6.33 Å². The van der Waals surface area contributed by atoms with Crippen molar-refractivity contribution in [1.82, 2.24) is 14.9 Å². The highest BCUT2D eigenvalue weighted by Gasteiger charge is 2.05. The lowest BCUT2D eigenvalue weighted by atomic mass is 10.3. The maximum Gasteiger partial charge on any atom is 0.327 e. The quantitative estimate of drug-likeness (QED) is 0.921. The van der Waals surface area contributed by atoms with Gasteiger partial charge in [0.15, 0.2) is 0 Å². The zero-order chi connectivity index (χ0) is 10.7. The van der Waals surface area contributed by atoms with Crippen molar-refractivity contribution in [2.45, 2.75) is 6.54 Å². The molecule has 4 nitrogen and oxygen atoms in total. The van der Waals surface area contributed by atoms with E-state index >= 15 is 0 Å². The number of halogens is 1. The number of thiophene rings is 1. The van der Waals surface area contributed by atoms with Crippen molar-refractivity contribution in [2.24, 2.45) is 0 Å². The lowest BCUT2D eigenvalue weighted by molar-refractivity contribution is 0.242. The minimum atomic E-state index is -0.175. The molecule has 1 N–H and O–H groups in total. The van der Waals surface area contributed by atoms with Crippen LogP contribution in [0.5, 0.6) is 0 Å². The van der Waals surface area contributed by atoms with Gasteiger partial charge in [0.2, 0.25) is 0 Å². The van der Waals surface area contributed by atoms with Crippen molar-refractivity contribution in [2.75, 3.05) is 0 Å². The zero-order valence-electron chi connectivity index (χ0n) is 7.68. The van der Waals surface area contributed by atoms with Crippen molar-refractivity contribution in [3.63, 3.8) is 0 Å². The Morgan fingerprint density at radius 1 is 1.67 bits per heavy atom. The molecule has 0 saturated carbocycles. The van der Waals surface area contributed by atoms with Gasteiger partial charge in [-0.1, -0.05) is 0 Å². The number of carbonyl (C=O) groups excluding carboxylic acids is 1. The molecule has 2 rings (SSSR count). The summed E-state index contributed by atoms with van der Waals surface area (Å²) < 4.78 is 2.45. The second-order valence-electron chi connectivity index (χ2n) is 2.85. The average molecular weight is 286 g/mol. The molecule has 0 aromatic carbocycles. The minimum absolute atomic E-state index is 0.175. The molecule has 78 valence electrons. The van der Waals surface area contributed by atoms with Crippen LogP contribution in [0.25, 0.3) is 0 Å². The van der Waals surface area contributed by atoms with Gasteiger partial charge in [0.05, 0.1) is 3.79 Å². The van der Waals surface area contributed by atoms with Crippen LogP contribution in [-0.4, -0.2) is 15.6 Å². The first kappa shape index (κ1) is 10.4. The number of carbonyl (C=O) groups is 1. The smallest absolute Gasteiger partial charge is 0.327 e. The van der Waals surface area contributed by atoms with Gasteiger partial charge in [-0.05, 0) is 32.9 Å². The molecule has 0 aliphatic rings. The van der Waals surface area contributed by atoms with Crippen molar-refractivity contribution in [3.05, 3.63) is 39.5 Å². The van der Waals surface area contributed by atoms with E-state index in [4.69, 9.17) is 0 Å². The van der Waals surface area contributed by atoms with Crippen LogP contribution in [-0.2, 0) is 6.54 Å². The summed E-state index contributed by atoms with van der Waals surface area (Å²) in [7, 11) is 0. The van der Waals surface area contributed by atoms with Gasteiger partial charge in [-0.2, -0.15) is 0 Å². The van der Waals surface area contributed by atoms with E-state index in [1.165, 1.54) is 10.9 Å². The maximum absolute atomic E-state index is 11.5. The monoisotopic (exact) mass is 285 g/mol. The van der Waals surface area contributed by atoms with E-state index < -0.39 is 0 Å². The second-order valence-corrected chi connectivity index (χ2v) is 5.08. The van der Waals surface area contributed by atoms with Crippen molar-refractivity contribution in [3.8, 4) is 0 Å². The molecular weight excluding hydrogens is 278 g/mol. The average Bonchev–Trinajstić information content (AvgIpc) is 2.85. The Labute approximate surface area is 99.1 Å². The third-order valence-electron chi connectivity index (χ3n) is 1.86. The number of nitrogens with zero attached hydrogens (tertiary/aromatic N) is 2. The summed E-state index contributed by atoms with van der Waals surface area (Å²) in [5.41, 5.74) is 1.08. The van der Waals surface area contributed by atoms with Crippen LogP contribution in [0.2, 0.25) is 0 Å². The molecule has 0 atom stereocenters. The molecule has 1 amide bonds. The van der Waals surface area contributed by atoms with Crippen LogP contribution in [0.4, 0.5) is 4.79 Å². The van der Waals surface area contributed by atoms with E-state index in [0.717, 1.165) is 9.35 Å². The van der Waals surface area contributed by atoms with E-state index in [-0.39, 0.29) is 6.03 Å². The summed E-state index contributed by atoms with van der Waals surface area (Å²) in [6, 6.07) is 1.80. The Balaban J connectivity index is 1.95. The summed E-state index contributed by atoms with van der Waals surface area (Å²) >= 11 is 5.01. The van der Waals surface area contributed by atoms with Gasteiger partial charge in [-0.15, -0.1) is 11.3 Å². The Morgan fingerprint density at radius 3 is 3.13 bits per heavy atom. The number of amides is 1. The van der Waals surface area contributed by atoms with Gasteiger partial charge in [0.25, 0.3) is 0 Å². The van der Waals surface area contributed by atoms with Crippen LogP contribution >= 0.6 is 27.3 Å². The number of nitrogens with one attached hydrogen (secondary N) is 1. The molecule has 0 aliphatic carbocycles. The first-order chi connectivity index (χ1) is 7.27. The van der Waals surface area contributed by atoms with Gasteiger partial charge in [0, 0.05) is 18.9 Å². The Kier molecular flexibility index (Phi) is 3.17. The van der Waals surface area contributed by atoms with Crippen molar-refractivity contribution < 1.29 is 4.79 Å². The maximum atomic E-state index is 11.5. The highest BCUT2D eigenvalue weighted by molar-refractivity contribution is 9.11. The Hall–Kier alpha value is -1.14. The fraction of sp³-hybridized carbons (Fsp3) is 0.111. The van der Waals surface area contributed by atoms with E-state index in [9.17, 15) is 4.79 Å². The second kappa shape index (κ2) is 4.59. The molecule has 6 heteroatoms. The molecule has 0 unspecified atom stereocenters. The molecule has 0 radical (unpaired) electrons. The fourth-order valence-corrected chi connectivity index (χ4v) is 2.33. The zero-order valence-corrected chi connectivity index (χ0v) is 10.1. The van der Waals surface area contributed by atoms with E-state index in [2.05, 4.69) is 26.2 Å². The molecule has 2 heterocycles. The summed E-state index contributed by atoms with van der Waals surface area (Å²) in [5.74, 6) is 0. The third kappa shape index (κ3) is 2.45. The van der Waals surface area contributed by atoms with Gasteiger partial charge in [-0.25, -0.2) is 9.78 Å². The molecule has 2 aromatic rings. The van der Waals surface area contributed by atoms with Gasteiger partial charge < -0.3 is 5.32 Å². The Bertz CT molecular complexity index is 452. The van der Waals surface area contributed by atoms with Crippen LogP contribution < -0.4 is 5.32 Å². The van der Waals surface area contributed by atoms with E-state index in [1.807, 2.05) is 11.4 Å². The molecule has 2 aromatic heterocycles. The van der Waals surface area contributed by atoms with Crippen LogP contribution in [0.15, 0.2) is 34.0 Å². The molecule has 0 bridgehead atoms. The van der Waals surface area contributed by atoms with Gasteiger partial charge in [-0.3, -0.25) is 4.57 Å². The lowest BCUT2D eigenvalue weighted by Gasteiger charge is -2.03. The van der Waals surface area contributed by atoms with Crippen LogP contribution in [0.3, 0.4) is 0 Å². The number of rotatable bonds is 2. The third-order valence-corrected chi connectivity index (χ3v) is 3.67. The van der Waals surface area contributed by atoms with E-state index in [1.54, 1.807) is 23.7 Å². The van der Waals surface area contributed by atoms with Crippen molar-refractivity contribution >= 4 is 33.3 Å². The molecule has 15 heavy (non-hydrogen) atoms. The summed E-state index contributed by atoms with van der Waals surface area (Å²) in [6.45, 7) is 0.515. The van der Waals surface area contributed by atoms with E-state index in [0.29, 0.717) is 6.54 Å². The number of hydrogen-bond donors (Lipinski definition) is 1. The highest BCUT2D eigenvalue weighted by Crippen LogP contribution is 2.22. The normalized spacial score (nSPS) is 10.2. The number of imidazole rings is 1. The predicted molar refractivity (Wildman–Crippen MR) is 61.9 cm³/mol. The molecule has 0 aliphatic heterocycles. The lowest BCUT2D eigenvalue weighted by Crippen LogP contribution is -2.26. The molecule has 0 fully saturated rings. The van der Waals surface area contributed by atoms with Crippen LogP contribution in [0, 0.1) is 0 Å². The first-order valence-electron chi connectivity index (χ1n) is 4.25. The Morgan fingerprint density at radius 2 is 2.53 bits per heavy atom. The SMILES string of the molecule is O=C(NCc1ccsc1Br)n1ccnc1. The molecule has 0 saturated heterocycles. The standard InChI is InChI=1S/C9H8BrN3OS/c10-8-7(1-4-15-8)5-12-9(14)13-3-2-11-6-13/h1-4,6H,5H2,(H,12,14). The predicted octanol–water partition coefficient (Wildman–Crippen LogP) is 2.47. The van der Waals surface area contributed by atoms with Crippen molar-refractivity contribution in [1.29, 1.82) is 0 Å². The van der Waals surface area contributed by atoms with Gasteiger partial charge >= 0.3 is 6.03 Å². The fourth-order valence-electron chi connectivity index (χ4n) is 1.09. The molecule has 0 spiro atoms. The first-order valence-corrected chi connectivity index (χ1v) is 5.92.